The lowest BCUT2D eigenvalue weighted by Gasteiger charge is -2.15. The van der Waals surface area contributed by atoms with E-state index < -0.39 is 0 Å². The normalized spacial score (nSPS) is 11.5. The Balaban J connectivity index is 2.94. The molecular formula is C15H19NO2. The SMILES string of the molecule is CO/N=C(/C#Cc1ccc(OC)cc1)C(C)(C)C. The molecular weight excluding hydrogens is 226 g/mol. The van der Waals surface area contributed by atoms with E-state index >= 15 is 0 Å². The van der Waals surface area contributed by atoms with Crippen molar-refractivity contribution in [3.05, 3.63) is 29.8 Å². The second-order valence-electron chi connectivity index (χ2n) is 4.85. The maximum atomic E-state index is 5.10. The summed E-state index contributed by atoms with van der Waals surface area (Å²) in [6.45, 7) is 6.15. The first-order valence-electron chi connectivity index (χ1n) is 5.75. The van der Waals surface area contributed by atoms with Crippen LogP contribution < -0.4 is 4.74 Å². The van der Waals surface area contributed by atoms with E-state index in [9.17, 15) is 0 Å². The Hall–Kier alpha value is -1.95. The van der Waals surface area contributed by atoms with Crippen LogP contribution in [0, 0.1) is 17.3 Å². The lowest BCUT2D eigenvalue weighted by Crippen LogP contribution is -2.18. The number of hydrogen-bond donors (Lipinski definition) is 0. The molecule has 0 unspecified atom stereocenters. The van der Waals surface area contributed by atoms with Gasteiger partial charge in [-0.15, -0.1) is 0 Å². The molecule has 3 nitrogen and oxygen atoms in total. The summed E-state index contributed by atoms with van der Waals surface area (Å²) in [5.74, 6) is 6.94. The van der Waals surface area contributed by atoms with E-state index in [0.717, 1.165) is 17.0 Å². The maximum absolute atomic E-state index is 5.10. The number of benzene rings is 1. The Morgan fingerprint density at radius 1 is 1.11 bits per heavy atom. The van der Waals surface area contributed by atoms with Gasteiger partial charge in [-0.2, -0.15) is 0 Å². The van der Waals surface area contributed by atoms with Gasteiger partial charge < -0.3 is 9.57 Å². The molecule has 3 heteroatoms. The zero-order valence-corrected chi connectivity index (χ0v) is 11.6. The van der Waals surface area contributed by atoms with E-state index in [2.05, 4.69) is 17.0 Å². The van der Waals surface area contributed by atoms with Crippen molar-refractivity contribution in [1.29, 1.82) is 0 Å². The predicted octanol–water partition coefficient (Wildman–Crippen LogP) is 3.10. The molecule has 18 heavy (non-hydrogen) atoms. The van der Waals surface area contributed by atoms with Gasteiger partial charge in [-0.3, -0.25) is 0 Å². The highest BCUT2D eigenvalue weighted by atomic mass is 16.6. The first kappa shape index (κ1) is 14.1. The number of oxime groups is 1. The molecule has 0 aliphatic heterocycles. The first-order valence-corrected chi connectivity index (χ1v) is 5.75. The van der Waals surface area contributed by atoms with Crippen LogP contribution in [0.25, 0.3) is 0 Å². The zero-order chi connectivity index (χ0) is 13.6. The van der Waals surface area contributed by atoms with Crippen LogP contribution in [0.2, 0.25) is 0 Å². The molecule has 0 aromatic heterocycles. The van der Waals surface area contributed by atoms with Crippen molar-refractivity contribution in [3.8, 4) is 17.6 Å². The third kappa shape index (κ3) is 4.14. The zero-order valence-electron chi connectivity index (χ0n) is 11.6. The van der Waals surface area contributed by atoms with Crippen LogP contribution in [0.1, 0.15) is 26.3 Å². The van der Waals surface area contributed by atoms with Crippen molar-refractivity contribution in [2.75, 3.05) is 14.2 Å². The molecule has 1 aromatic rings. The Morgan fingerprint density at radius 3 is 2.17 bits per heavy atom. The second-order valence-corrected chi connectivity index (χ2v) is 4.85. The van der Waals surface area contributed by atoms with Gasteiger partial charge in [0.15, 0.2) is 0 Å². The molecule has 0 saturated heterocycles. The van der Waals surface area contributed by atoms with Gasteiger partial charge in [0, 0.05) is 11.0 Å². The monoisotopic (exact) mass is 245 g/mol. The molecule has 1 rings (SSSR count). The van der Waals surface area contributed by atoms with Crippen molar-refractivity contribution >= 4 is 5.71 Å². The van der Waals surface area contributed by atoms with E-state index in [1.807, 2.05) is 45.0 Å². The average Bonchev–Trinajstić information content (AvgIpc) is 2.33. The molecule has 0 aliphatic carbocycles. The van der Waals surface area contributed by atoms with Gasteiger partial charge in [0.2, 0.25) is 0 Å². The highest BCUT2D eigenvalue weighted by Crippen LogP contribution is 2.16. The van der Waals surface area contributed by atoms with Crippen LogP contribution in [0.15, 0.2) is 29.4 Å². The average molecular weight is 245 g/mol. The Labute approximate surface area is 109 Å². The third-order valence-electron chi connectivity index (χ3n) is 2.31. The van der Waals surface area contributed by atoms with Crippen LogP contribution in [0.5, 0.6) is 5.75 Å². The van der Waals surface area contributed by atoms with Gasteiger partial charge in [0.25, 0.3) is 0 Å². The third-order valence-corrected chi connectivity index (χ3v) is 2.31. The Bertz CT molecular complexity index is 470. The fourth-order valence-corrected chi connectivity index (χ4v) is 1.24. The highest BCUT2D eigenvalue weighted by molar-refractivity contribution is 6.04. The van der Waals surface area contributed by atoms with Gasteiger partial charge in [-0.25, -0.2) is 0 Å². The number of methoxy groups -OCH3 is 1. The van der Waals surface area contributed by atoms with E-state index in [1.54, 1.807) is 7.11 Å². The van der Waals surface area contributed by atoms with Gasteiger partial charge in [-0.05, 0) is 30.2 Å². The largest absolute Gasteiger partial charge is 0.497 e. The first-order chi connectivity index (χ1) is 8.47. The molecule has 0 atom stereocenters. The molecule has 0 saturated carbocycles. The minimum atomic E-state index is -0.129. The van der Waals surface area contributed by atoms with Crippen LogP contribution in [-0.4, -0.2) is 19.9 Å². The molecule has 0 aliphatic rings. The summed E-state index contributed by atoms with van der Waals surface area (Å²) in [6.07, 6.45) is 0. The molecule has 0 amide bonds. The van der Waals surface area contributed by atoms with Crippen LogP contribution in [0.3, 0.4) is 0 Å². The highest BCUT2D eigenvalue weighted by Gasteiger charge is 2.17. The van der Waals surface area contributed by atoms with Gasteiger partial charge >= 0.3 is 0 Å². The maximum Gasteiger partial charge on any atom is 0.135 e. The van der Waals surface area contributed by atoms with Crippen molar-refractivity contribution in [1.82, 2.24) is 0 Å². The smallest absolute Gasteiger partial charge is 0.135 e. The van der Waals surface area contributed by atoms with Crippen molar-refractivity contribution in [2.24, 2.45) is 10.6 Å². The van der Waals surface area contributed by atoms with E-state index in [-0.39, 0.29) is 5.41 Å². The Morgan fingerprint density at radius 2 is 1.72 bits per heavy atom. The fourth-order valence-electron chi connectivity index (χ4n) is 1.24. The standard InChI is InChI=1S/C15H19NO2/c1-15(2,3)14(16-18-5)11-8-12-6-9-13(17-4)10-7-12/h6-7,9-10H,1-5H3/b16-14-. The van der Waals surface area contributed by atoms with Crippen LogP contribution >= 0.6 is 0 Å². The van der Waals surface area contributed by atoms with E-state index in [1.165, 1.54) is 7.11 Å². The summed E-state index contributed by atoms with van der Waals surface area (Å²) in [7, 11) is 3.17. The topological polar surface area (TPSA) is 30.8 Å². The summed E-state index contributed by atoms with van der Waals surface area (Å²) < 4.78 is 5.10. The summed E-state index contributed by atoms with van der Waals surface area (Å²) in [4.78, 5) is 4.82. The van der Waals surface area contributed by atoms with Gasteiger partial charge in [0.05, 0.1) is 7.11 Å². The minimum Gasteiger partial charge on any atom is -0.497 e. The summed E-state index contributed by atoms with van der Waals surface area (Å²) >= 11 is 0. The molecule has 0 radical (unpaired) electrons. The minimum absolute atomic E-state index is 0.129. The fraction of sp³-hybridized carbons (Fsp3) is 0.400. The summed E-state index contributed by atoms with van der Waals surface area (Å²) in [5, 5.41) is 3.96. The molecule has 0 bridgehead atoms. The van der Waals surface area contributed by atoms with Crippen molar-refractivity contribution < 1.29 is 9.57 Å². The van der Waals surface area contributed by atoms with Crippen molar-refractivity contribution in [3.63, 3.8) is 0 Å². The summed E-state index contributed by atoms with van der Waals surface area (Å²) in [6, 6.07) is 7.60. The molecule has 96 valence electrons. The summed E-state index contributed by atoms with van der Waals surface area (Å²) in [5.41, 5.74) is 1.51. The van der Waals surface area contributed by atoms with Crippen LogP contribution in [0.4, 0.5) is 0 Å². The molecule has 0 heterocycles. The van der Waals surface area contributed by atoms with Gasteiger partial charge in [0.1, 0.15) is 18.6 Å². The van der Waals surface area contributed by atoms with E-state index in [0.29, 0.717) is 0 Å². The lowest BCUT2D eigenvalue weighted by molar-refractivity contribution is 0.210. The number of hydrogen-bond acceptors (Lipinski definition) is 3. The van der Waals surface area contributed by atoms with Crippen LogP contribution in [-0.2, 0) is 4.84 Å². The molecule has 0 fully saturated rings. The van der Waals surface area contributed by atoms with E-state index in [4.69, 9.17) is 9.57 Å². The second kappa shape index (κ2) is 6.11. The molecule has 0 spiro atoms. The van der Waals surface area contributed by atoms with Crippen molar-refractivity contribution in [2.45, 2.75) is 20.8 Å². The number of ether oxygens (including phenoxy) is 1. The molecule has 0 N–H and O–H groups in total. The quantitative estimate of drug-likeness (QED) is 0.455. The predicted molar refractivity (Wildman–Crippen MR) is 73.8 cm³/mol. The van der Waals surface area contributed by atoms with Gasteiger partial charge in [-0.1, -0.05) is 31.8 Å². The lowest BCUT2D eigenvalue weighted by atomic mass is 9.90. The molecule has 1 aromatic carbocycles. The number of rotatable bonds is 2. The number of nitrogens with zero attached hydrogens (tertiary/aromatic N) is 1. The Kier molecular flexibility index (Phi) is 4.79.